The monoisotopic (exact) mass is 404 g/mol. The van der Waals surface area contributed by atoms with Crippen molar-refractivity contribution >= 4 is 5.97 Å². The molecule has 1 aromatic heterocycles. The minimum atomic E-state index is -0.774. The van der Waals surface area contributed by atoms with Crippen LogP contribution < -0.4 is 11.2 Å². The summed E-state index contributed by atoms with van der Waals surface area (Å²) in [6, 6.07) is 9.40. The lowest BCUT2D eigenvalue weighted by Crippen LogP contribution is -2.42. The molecule has 1 N–H and O–H groups in total. The highest BCUT2D eigenvalue weighted by Gasteiger charge is 2.38. The first-order valence-electron chi connectivity index (χ1n) is 9.28. The van der Waals surface area contributed by atoms with E-state index in [-0.39, 0.29) is 26.4 Å². The average molecular weight is 404 g/mol. The van der Waals surface area contributed by atoms with Crippen LogP contribution in [-0.2, 0) is 32.3 Å². The summed E-state index contributed by atoms with van der Waals surface area (Å²) in [4.78, 5) is 36.6. The Kier molecular flexibility index (Phi) is 6.63. The SMILES string of the molecule is CC(=O)O[C@H]1C[C@H](n2cc(C)c(=O)n(COCc3ccccc3)c2=O)O[C@@H]1CO. The highest BCUT2D eigenvalue weighted by atomic mass is 16.6. The van der Waals surface area contributed by atoms with Crippen LogP contribution in [0.5, 0.6) is 0 Å². The zero-order chi connectivity index (χ0) is 21.0. The first kappa shape index (κ1) is 21.0. The minimum absolute atomic E-state index is 0.188. The predicted octanol–water partition coefficient (Wildman–Crippen LogP) is 0.704. The molecular weight excluding hydrogens is 380 g/mol. The summed E-state index contributed by atoms with van der Waals surface area (Å²) < 4.78 is 18.7. The lowest BCUT2D eigenvalue weighted by Gasteiger charge is -2.17. The standard InChI is InChI=1S/C20H24N2O7/c1-13-9-21(18-8-16(28-14(2)24)17(10-23)29-18)20(26)22(19(13)25)12-27-11-15-6-4-3-5-7-15/h3-7,9,16-18,23H,8,10-12H2,1-2H3/t16-,17+,18+/m0/s1. The van der Waals surface area contributed by atoms with Gasteiger partial charge in [-0.25, -0.2) is 9.36 Å². The summed E-state index contributed by atoms with van der Waals surface area (Å²) in [6.45, 7) is 2.54. The Morgan fingerprint density at radius 2 is 2.00 bits per heavy atom. The molecular formula is C20H24N2O7. The van der Waals surface area contributed by atoms with E-state index in [1.807, 2.05) is 30.3 Å². The van der Waals surface area contributed by atoms with Crippen molar-refractivity contribution in [2.75, 3.05) is 6.61 Å². The third kappa shape index (κ3) is 4.81. The number of aliphatic hydroxyl groups excluding tert-OH is 1. The molecule has 0 spiro atoms. The van der Waals surface area contributed by atoms with E-state index < -0.39 is 35.7 Å². The summed E-state index contributed by atoms with van der Waals surface area (Å²) in [5.74, 6) is -0.500. The molecule has 29 heavy (non-hydrogen) atoms. The first-order valence-corrected chi connectivity index (χ1v) is 9.28. The summed E-state index contributed by atoms with van der Waals surface area (Å²) in [7, 11) is 0. The van der Waals surface area contributed by atoms with Crippen LogP contribution in [0.2, 0.25) is 0 Å². The maximum absolute atomic E-state index is 12.9. The topological polar surface area (TPSA) is 109 Å². The number of aromatic nitrogens is 2. The third-order valence-electron chi connectivity index (χ3n) is 4.69. The van der Waals surface area contributed by atoms with Gasteiger partial charge in [0.05, 0.1) is 13.2 Å². The molecule has 2 heterocycles. The number of aliphatic hydroxyl groups is 1. The van der Waals surface area contributed by atoms with E-state index in [4.69, 9.17) is 14.2 Å². The van der Waals surface area contributed by atoms with Gasteiger partial charge >= 0.3 is 11.7 Å². The lowest BCUT2D eigenvalue weighted by molar-refractivity contribution is -0.150. The van der Waals surface area contributed by atoms with Crippen LogP contribution in [0.3, 0.4) is 0 Å². The lowest BCUT2D eigenvalue weighted by atomic mass is 10.2. The van der Waals surface area contributed by atoms with Gasteiger partial charge in [-0.1, -0.05) is 30.3 Å². The molecule has 9 nitrogen and oxygen atoms in total. The Morgan fingerprint density at radius 3 is 2.66 bits per heavy atom. The van der Waals surface area contributed by atoms with Gasteiger partial charge in [0.25, 0.3) is 5.56 Å². The molecule has 1 fully saturated rings. The van der Waals surface area contributed by atoms with Crippen LogP contribution >= 0.6 is 0 Å². The Bertz CT molecular complexity index is 967. The second-order valence-corrected chi connectivity index (χ2v) is 6.89. The first-order chi connectivity index (χ1) is 13.9. The fraction of sp³-hybridized carbons (Fsp3) is 0.450. The van der Waals surface area contributed by atoms with Crippen molar-refractivity contribution in [2.24, 2.45) is 0 Å². The van der Waals surface area contributed by atoms with E-state index in [0.29, 0.717) is 5.56 Å². The molecule has 0 aliphatic carbocycles. The van der Waals surface area contributed by atoms with Gasteiger partial charge < -0.3 is 19.3 Å². The van der Waals surface area contributed by atoms with E-state index in [0.717, 1.165) is 10.1 Å². The van der Waals surface area contributed by atoms with Crippen LogP contribution in [0.15, 0.2) is 46.1 Å². The largest absolute Gasteiger partial charge is 0.460 e. The molecule has 3 rings (SSSR count). The molecule has 0 radical (unpaired) electrons. The predicted molar refractivity (Wildman–Crippen MR) is 102 cm³/mol. The van der Waals surface area contributed by atoms with Crippen LogP contribution in [0, 0.1) is 6.92 Å². The Morgan fingerprint density at radius 1 is 1.28 bits per heavy atom. The summed E-state index contributed by atoms with van der Waals surface area (Å²) in [6.07, 6.45) is -0.597. The van der Waals surface area contributed by atoms with Gasteiger partial charge in [-0.3, -0.25) is 14.2 Å². The fourth-order valence-electron chi connectivity index (χ4n) is 3.28. The van der Waals surface area contributed by atoms with Crippen LogP contribution in [0.1, 0.15) is 30.7 Å². The highest BCUT2D eigenvalue weighted by molar-refractivity contribution is 5.66. The number of hydrogen-bond donors (Lipinski definition) is 1. The second kappa shape index (κ2) is 9.17. The Hall–Kier alpha value is -2.75. The van der Waals surface area contributed by atoms with Crippen LogP contribution in [0.25, 0.3) is 0 Å². The van der Waals surface area contributed by atoms with Crippen LogP contribution in [-0.4, -0.2) is 39.0 Å². The van der Waals surface area contributed by atoms with E-state index in [2.05, 4.69) is 0 Å². The second-order valence-electron chi connectivity index (χ2n) is 6.89. The van der Waals surface area contributed by atoms with Gasteiger partial charge in [0.1, 0.15) is 25.2 Å². The van der Waals surface area contributed by atoms with Crippen molar-refractivity contribution in [2.45, 2.75) is 52.0 Å². The number of nitrogens with zero attached hydrogens (tertiary/aromatic N) is 2. The van der Waals surface area contributed by atoms with Crippen molar-refractivity contribution in [3.05, 3.63) is 68.5 Å². The Labute approximate surface area is 167 Å². The number of hydrogen-bond acceptors (Lipinski definition) is 7. The van der Waals surface area contributed by atoms with Gasteiger partial charge in [-0.15, -0.1) is 0 Å². The maximum Gasteiger partial charge on any atom is 0.335 e. The van der Waals surface area contributed by atoms with Gasteiger partial charge in [0.2, 0.25) is 0 Å². The van der Waals surface area contributed by atoms with Crippen molar-refractivity contribution in [3.63, 3.8) is 0 Å². The molecule has 0 bridgehead atoms. The van der Waals surface area contributed by atoms with E-state index in [9.17, 15) is 19.5 Å². The van der Waals surface area contributed by atoms with Crippen molar-refractivity contribution in [1.29, 1.82) is 0 Å². The highest BCUT2D eigenvalue weighted by Crippen LogP contribution is 2.29. The molecule has 0 unspecified atom stereocenters. The van der Waals surface area contributed by atoms with E-state index in [1.54, 1.807) is 6.92 Å². The number of ether oxygens (including phenoxy) is 3. The average Bonchev–Trinajstić information content (AvgIpc) is 3.10. The van der Waals surface area contributed by atoms with Crippen molar-refractivity contribution in [1.82, 2.24) is 9.13 Å². The molecule has 1 aliphatic rings. The summed E-state index contributed by atoms with van der Waals surface area (Å²) >= 11 is 0. The zero-order valence-corrected chi connectivity index (χ0v) is 16.3. The van der Waals surface area contributed by atoms with Crippen molar-refractivity contribution < 1.29 is 24.1 Å². The quantitative estimate of drug-likeness (QED) is 0.677. The molecule has 9 heteroatoms. The van der Waals surface area contributed by atoms with Gasteiger partial charge in [-0.2, -0.15) is 0 Å². The van der Waals surface area contributed by atoms with Crippen molar-refractivity contribution in [3.8, 4) is 0 Å². The summed E-state index contributed by atoms with van der Waals surface area (Å²) in [5.41, 5.74) is 0.210. The minimum Gasteiger partial charge on any atom is -0.460 e. The summed E-state index contributed by atoms with van der Waals surface area (Å²) in [5, 5.41) is 9.48. The molecule has 0 amide bonds. The van der Waals surface area contributed by atoms with Gasteiger partial charge in [0, 0.05) is 25.1 Å². The molecule has 3 atom stereocenters. The van der Waals surface area contributed by atoms with E-state index in [1.165, 1.54) is 17.7 Å². The molecule has 1 aliphatic heterocycles. The zero-order valence-electron chi connectivity index (χ0n) is 16.3. The number of aryl methyl sites for hydroxylation is 1. The van der Waals surface area contributed by atoms with Crippen LogP contribution in [0.4, 0.5) is 0 Å². The number of esters is 1. The number of benzene rings is 1. The third-order valence-corrected chi connectivity index (χ3v) is 4.69. The number of carbonyl (C=O) groups is 1. The smallest absolute Gasteiger partial charge is 0.335 e. The molecule has 1 aromatic carbocycles. The molecule has 156 valence electrons. The normalized spacial score (nSPS) is 21.3. The molecule has 2 aromatic rings. The molecule has 1 saturated heterocycles. The Balaban J connectivity index is 1.81. The fourth-order valence-corrected chi connectivity index (χ4v) is 3.28. The number of rotatable bonds is 7. The van der Waals surface area contributed by atoms with Gasteiger partial charge in [-0.05, 0) is 12.5 Å². The number of carbonyl (C=O) groups excluding carboxylic acids is 1. The maximum atomic E-state index is 12.9. The van der Waals surface area contributed by atoms with Gasteiger partial charge in [0.15, 0.2) is 0 Å². The van der Waals surface area contributed by atoms with E-state index >= 15 is 0 Å². The molecule has 0 saturated carbocycles.